The number of thiazole rings is 1. The van der Waals surface area contributed by atoms with E-state index in [2.05, 4.69) is 17.0 Å². The van der Waals surface area contributed by atoms with Crippen LogP contribution in [-0.2, 0) is 16.0 Å². The highest BCUT2D eigenvalue weighted by atomic mass is 35.5. The number of hydrogen-bond acceptors (Lipinski definition) is 5. The second-order valence-electron chi connectivity index (χ2n) is 7.52. The highest BCUT2D eigenvalue weighted by Crippen LogP contribution is 2.35. The van der Waals surface area contributed by atoms with Crippen molar-refractivity contribution in [2.75, 3.05) is 44.3 Å². The van der Waals surface area contributed by atoms with Gasteiger partial charge in [-0.2, -0.15) is 0 Å². The normalized spacial score (nSPS) is 14.4. The van der Waals surface area contributed by atoms with Gasteiger partial charge in [0.25, 0.3) is 0 Å². The highest BCUT2D eigenvalue weighted by molar-refractivity contribution is 7.23. The van der Waals surface area contributed by atoms with Crippen LogP contribution in [-0.4, -0.2) is 55.2 Å². The van der Waals surface area contributed by atoms with Crippen molar-refractivity contribution in [2.24, 2.45) is 0 Å². The molecule has 166 valence electrons. The number of carbonyl (C=O) groups is 1. The molecule has 5 nitrogen and oxygen atoms in total. The molecule has 0 atom stereocenters. The summed E-state index contributed by atoms with van der Waals surface area (Å²) in [5, 5.41) is 1.41. The van der Waals surface area contributed by atoms with Crippen LogP contribution in [0.5, 0.6) is 0 Å². The van der Waals surface area contributed by atoms with Gasteiger partial charge in [0.15, 0.2) is 5.13 Å². The Kier molecular flexibility index (Phi) is 8.69. The monoisotopic (exact) mass is 479 g/mol. The molecule has 8 heteroatoms. The first kappa shape index (κ1) is 24.0. The van der Waals surface area contributed by atoms with Crippen molar-refractivity contribution < 1.29 is 9.53 Å². The van der Waals surface area contributed by atoms with E-state index in [0.29, 0.717) is 18.0 Å². The van der Waals surface area contributed by atoms with Gasteiger partial charge < -0.3 is 4.74 Å². The van der Waals surface area contributed by atoms with Crippen LogP contribution in [0.3, 0.4) is 0 Å². The predicted molar refractivity (Wildman–Crippen MR) is 131 cm³/mol. The number of halogens is 2. The van der Waals surface area contributed by atoms with Gasteiger partial charge in [-0.3, -0.25) is 14.6 Å². The summed E-state index contributed by atoms with van der Waals surface area (Å²) in [4.78, 5) is 22.2. The minimum atomic E-state index is 0. The fourth-order valence-corrected chi connectivity index (χ4v) is 4.99. The average Bonchev–Trinajstić information content (AvgIpc) is 3.23. The summed E-state index contributed by atoms with van der Waals surface area (Å²) in [6.07, 6.45) is 1.17. The van der Waals surface area contributed by atoms with Gasteiger partial charge in [-0.25, -0.2) is 4.98 Å². The maximum absolute atomic E-state index is 13.3. The van der Waals surface area contributed by atoms with Gasteiger partial charge >= 0.3 is 0 Å². The van der Waals surface area contributed by atoms with Crippen LogP contribution in [0.4, 0.5) is 5.13 Å². The number of fused-ring (bicyclic) bond motifs is 1. The van der Waals surface area contributed by atoms with Gasteiger partial charge in [0.2, 0.25) is 5.91 Å². The molecule has 0 saturated carbocycles. The summed E-state index contributed by atoms with van der Waals surface area (Å²) >= 11 is 7.91. The summed E-state index contributed by atoms with van der Waals surface area (Å²) in [5.41, 5.74) is 3.12. The zero-order valence-corrected chi connectivity index (χ0v) is 19.9. The summed E-state index contributed by atoms with van der Waals surface area (Å²) in [6.45, 7) is 6.74. The third-order valence-electron chi connectivity index (χ3n) is 5.43. The van der Waals surface area contributed by atoms with Crippen molar-refractivity contribution in [2.45, 2.75) is 19.8 Å². The molecule has 0 aliphatic carbocycles. The van der Waals surface area contributed by atoms with Crippen molar-refractivity contribution in [1.29, 1.82) is 0 Å². The largest absolute Gasteiger partial charge is 0.379 e. The van der Waals surface area contributed by atoms with E-state index in [1.807, 2.05) is 42.2 Å². The Balaban J connectivity index is 0.00000272. The van der Waals surface area contributed by atoms with Gasteiger partial charge in [0.05, 0.1) is 28.5 Å². The van der Waals surface area contributed by atoms with Crippen LogP contribution in [0.2, 0.25) is 5.02 Å². The first-order valence-corrected chi connectivity index (χ1v) is 11.5. The smallest absolute Gasteiger partial charge is 0.229 e. The highest BCUT2D eigenvalue weighted by Gasteiger charge is 2.22. The molecule has 1 aliphatic heterocycles. The number of anilines is 1. The Labute approximate surface area is 198 Å². The molecule has 1 saturated heterocycles. The van der Waals surface area contributed by atoms with Crippen LogP contribution in [0.1, 0.15) is 17.5 Å². The summed E-state index contributed by atoms with van der Waals surface area (Å²) in [6, 6.07) is 14.0. The Morgan fingerprint density at radius 3 is 2.65 bits per heavy atom. The average molecular weight is 480 g/mol. The van der Waals surface area contributed by atoms with Gasteiger partial charge in [-0.05, 0) is 30.5 Å². The number of aryl methyl sites for hydroxylation is 2. The number of rotatable bonds is 7. The Morgan fingerprint density at radius 2 is 1.94 bits per heavy atom. The van der Waals surface area contributed by atoms with Crippen molar-refractivity contribution >= 4 is 56.6 Å². The molecule has 4 rings (SSSR count). The van der Waals surface area contributed by atoms with E-state index < -0.39 is 0 Å². The van der Waals surface area contributed by atoms with Crippen molar-refractivity contribution in [3.8, 4) is 0 Å². The number of carbonyl (C=O) groups excluding carboxylic acids is 1. The van der Waals surface area contributed by atoms with Crippen LogP contribution in [0, 0.1) is 6.92 Å². The first-order chi connectivity index (χ1) is 14.6. The molecule has 3 aromatic rings. The zero-order chi connectivity index (χ0) is 20.9. The molecule has 1 aromatic heterocycles. The standard InChI is InChI=1S/C23H26ClN3O2S.ClH/c1-17-7-9-19(24)22-21(17)25-23(30-22)27(12-11-26-13-15-29-16-14-26)20(28)10-8-18-5-3-2-4-6-18;/h2-7,9H,8,10-16H2,1H3;1H. The molecule has 0 unspecified atom stereocenters. The lowest BCUT2D eigenvalue weighted by Gasteiger charge is -2.29. The molecule has 1 fully saturated rings. The summed E-state index contributed by atoms with van der Waals surface area (Å²) in [5.74, 6) is 0.0972. The number of benzene rings is 2. The van der Waals surface area contributed by atoms with Gasteiger partial charge in [-0.1, -0.05) is 59.3 Å². The second-order valence-corrected chi connectivity index (χ2v) is 8.91. The Bertz CT molecular complexity index is 968. The molecule has 0 spiro atoms. The van der Waals surface area contributed by atoms with E-state index in [-0.39, 0.29) is 18.3 Å². The molecule has 0 radical (unpaired) electrons. The number of morpholine rings is 1. The molecule has 0 N–H and O–H groups in total. The summed E-state index contributed by atoms with van der Waals surface area (Å²) < 4.78 is 6.39. The first-order valence-electron chi connectivity index (χ1n) is 10.3. The van der Waals surface area contributed by atoms with Crippen molar-refractivity contribution in [3.05, 3.63) is 58.6 Å². The van der Waals surface area contributed by atoms with Crippen LogP contribution < -0.4 is 4.90 Å². The summed E-state index contributed by atoms with van der Waals surface area (Å²) in [7, 11) is 0. The van der Waals surface area contributed by atoms with E-state index in [4.69, 9.17) is 21.3 Å². The Morgan fingerprint density at radius 1 is 1.19 bits per heavy atom. The topological polar surface area (TPSA) is 45.7 Å². The number of hydrogen-bond donors (Lipinski definition) is 0. The second kappa shape index (κ2) is 11.2. The van der Waals surface area contributed by atoms with Crippen LogP contribution >= 0.6 is 35.3 Å². The van der Waals surface area contributed by atoms with Crippen LogP contribution in [0.25, 0.3) is 10.2 Å². The van der Waals surface area contributed by atoms with Crippen molar-refractivity contribution in [3.63, 3.8) is 0 Å². The quantitative estimate of drug-likeness (QED) is 0.479. The van der Waals surface area contributed by atoms with E-state index in [1.54, 1.807) is 0 Å². The number of amides is 1. The fraction of sp³-hybridized carbons (Fsp3) is 0.391. The lowest BCUT2D eigenvalue weighted by atomic mass is 10.1. The zero-order valence-electron chi connectivity index (χ0n) is 17.6. The third-order valence-corrected chi connectivity index (χ3v) is 6.97. The molecule has 2 aromatic carbocycles. The SMILES string of the molecule is Cc1ccc(Cl)c2sc(N(CCN3CCOCC3)C(=O)CCc3ccccc3)nc12.Cl. The minimum Gasteiger partial charge on any atom is -0.379 e. The number of ether oxygens (including phenoxy) is 1. The lowest BCUT2D eigenvalue weighted by Crippen LogP contribution is -2.43. The number of aromatic nitrogens is 1. The van der Waals surface area contributed by atoms with Crippen molar-refractivity contribution in [1.82, 2.24) is 9.88 Å². The third kappa shape index (κ3) is 5.96. The Hall–Kier alpha value is -1.70. The maximum atomic E-state index is 13.3. The number of nitrogens with zero attached hydrogens (tertiary/aromatic N) is 3. The van der Waals surface area contributed by atoms with Gasteiger partial charge in [0, 0.05) is 32.6 Å². The molecular weight excluding hydrogens is 453 g/mol. The van der Waals surface area contributed by atoms with Gasteiger partial charge in [0.1, 0.15) is 0 Å². The van der Waals surface area contributed by atoms with E-state index >= 15 is 0 Å². The molecule has 31 heavy (non-hydrogen) atoms. The molecule has 1 amide bonds. The molecule has 1 aliphatic rings. The fourth-order valence-electron chi connectivity index (χ4n) is 3.63. The van der Waals surface area contributed by atoms with E-state index in [1.165, 1.54) is 16.9 Å². The lowest BCUT2D eigenvalue weighted by molar-refractivity contribution is -0.118. The maximum Gasteiger partial charge on any atom is 0.229 e. The van der Waals surface area contributed by atoms with Gasteiger partial charge in [-0.15, -0.1) is 12.4 Å². The minimum absolute atomic E-state index is 0. The molecule has 0 bridgehead atoms. The van der Waals surface area contributed by atoms with E-state index in [0.717, 1.165) is 60.2 Å². The molecular formula is C23H27Cl2N3O2S. The van der Waals surface area contributed by atoms with E-state index in [9.17, 15) is 4.79 Å². The predicted octanol–water partition coefficient (Wildman–Crippen LogP) is 4.98. The van der Waals surface area contributed by atoms with Crippen LogP contribution in [0.15, 0.2) is 42.5 Å². The molecule has 2 heterocycles.